The van der Waals surface area contributed by atoms with Crippen molar-refractivity contribution >= 4 is 33.1 Å². The molecule has 0 spiro atoms. The van der Waals surface area contributed by atoms with Crippen molar-refractivity contribution in [2.75, 3.05) is 10.1 Å². The van der Waals surface area contributed by atoms with Crippen molar-refractivity contribution in [1.29, 1.82) is 0 Å². The molecule has 0 aliphatic rings. The molecular weight excluding hydrogens is 302 g/mol. The number of sulfonamides is 1. The van der Waals surface area contributed by atoms with Gasteiger partial charge in [-0.05, 0) is 25.1 Å². The number of aryl methyl sites for hydroxylation is 1. The molecule has 0 aliphatic heterocycles. The summed E-state index contributed by atoms with van der Waals surface area (Å²) >= 11 is 5.85. The first-order chi connectivity index (χ1) is 9.42. The van der Waals surface area contributed by atoms with Gasteiger partial charge in [0.15, 0.2) is 5.82 Å². The van der Waals surface area contributed by atoms with E-state index in [2.05, 4.69) is 20.1 Å². The standard InChI is InChI=1S/C11H12ClN5O2S/c1-7-2-3-8(5-14-7)17-20(18,19)9-4-10(12)11(16-13)15-6-9/h2-6,17H,13H2,1H3,(H,15,16). The number of hydrogen-bond acceptors (Lipinski definition) is 6. The molecule has 0 aromatic carbocycles. The highest BCUT2D eigenvalue weighted by Crippen LogP contribution is 2.23. The van der Waals surface area contributed by atoms with E-state index in [-0.39, 0.29) is 15.7 Å². The lowest BCUT2D eigenvalue weighted by atomic mass is 10.4. The van der Waals surface area contributed by atoms with Crippen LogP contribution in [-0.2, 0) is 10.0 Å². The molecule has 20 heavy (non-hydrogen) atoms. The second kappa shape index (κ2) is 5.61. The fraction of sp³-hybridized carbons (Fsp3) is 0.0909. The Bertz CT molecular complexity index is 718. The number of anilines is 2. The monoisotopic (exact) mass is 313 g/mol. The molecule has 0 saturated carbocycles. The molecule has 7 nitrogen and oxygen atoms in total. The van der Waals surface area contributed by atoms with Gasteiger partial charge in [-0.25, -0.2) is 19.2 Å². The smallest absolute Gasteiger partial charge is 0.263 e. The maximum atomic E-state index is 12.1. The number of hydrazine groups is 1. The minimum Gasteiger partial charge on any atom is -0.307 e. The maximum Gasteiger partial charge on any atom is 0.263 e. The summed E-state index contributed by atoms with van der Waals surface area (Å²) in [6.07, 6.45) is 2.59. The number of nitrogens with zero attached hydrogens (tertiary/aromatic N) is 2. The number of nitrogens with two attached hydrogens (primary N) is 1. The molecule has 0 bridgehead atoms. The lowest BCUT2D eigenvalue weighted by Gasteiger charge is -2.09. The van der Waals surface area contributed by atoms with Crippen LogP contribution >= 0.6 is 11.6 Å². The Balaban J connectivity index is 2.30. The predicted molar refractivity (Wildman–Crippen MR) is 76.8 cm³/mol. The molecule has 0 amide bonds. The van der Waals surface area contributed by atoms with Gasteiger partial charge in [0.2, 0.25) is 0 Å². The zero-order valence-corrected chi connectivity index (χ0v) is 12.0. The zero-order chi connectivity index (χ0) is 14.8. The van der Waals surface area contributed by atoms with E-state index in [9.17, 15) is 8.42 Å². The average Bonchev–Trinajstić information content (AvgIpc) is 2.41. The molecule has 2 heterocycles. The topological polar surface area (TPSA) is 110 Å². The third-order valence-corrected chi connectivity index (χ3v) is 4.06. The number of nitrogen functional groups attached to an aromatic ring is 1. The third kappa shape index (κ3) is 3.16. The van der Waals surface area contributed by atoms with Crippen molar-refractivity contribution in [2.45, 2.75) is 11.8 Å². The predicted octanol–water partition coefficient (Wildman–Crippen LogP) is 1.52. The van der Waals surface area contributed by atoms with Crippen molar-refractivity contribution in [3.63, 3.8) is 0 Å². The van der Waals surface area contributed by atoms with Gasteiger partial charge in [0.25, 0.3) is 10.0 Å². The van der Waals surface area contributed by atoms with Gasteiger partial charge in [0.05, 0.1) is 16.9 Å². The van der Waals surface area contributed by atoms with E-state index >= 15 is 0 Å². The normalized spacial score (nSPS) is 11.2. The summed E-state index contributed by atoms with van der Waals surface area (Å²) in [7, 11) is -3.78. The molecule has 0 fully saturated rings. The molecule has 9 heteroatoms. The van der Waals surface area contributed by atoms with Crippen LogP contribution in [0.1, 0.15) is 5.69 Å². The molecule has 0 unspecified atom stereocenters. The second-order valence-corrected chi connectivity index (χ2v) is 6.03. The van der Waals surface area contributed by atoms with Gasteiger partial charge in [-0.2, -0.15) is 0 Å². The average molecular weight is 314 g/mol. The summed E-state index contributed by atoms with van der Waals surface area (Å²) in [5.74, 6) is 5.37. The molecule has 0 saturated heterocycles. The second-order valence-electron chi connectivity index (χ2n) is 3.94. The van der Waals surface area contributed by atoms with Gasteiger partial charge < -0.3 is 5.43 Å². The minimum absolute atomic E-state index is 0.0675. The minimum atomic E-state index is -3.78. The maximum absolute atomic E-state index is 12.1. The molecule has 106 valence electrons. The van der Waals surface area contributed by atoms with Crippen molar-refractivity contribution in [2.24, 2.45) is 5.84 Å². The highest BCUT2D eigenvalue weighted by atomic mass is 35.5. The first kappa shape index (κ1) is 14.5. The van der Waals surface area contributed by atoms with E-state index in [1.165, 1.54) is 12.3 Å². The van der Waals surface area contributed by atoms with Gasteiger partial charge in [-0.3, -0.25) is 9.71 Å². The largest absolute Gasteiger partial charge is 0.307 e. The van der Waals surface area contributed by atoms with Crippen LogP contribution in [-0.4, -0.2) is 18.4 Å². The van der Waals surface area contributed by atoms with E-state index in [0.29, 0.717) is 5.69 Å². The van der Waals surface area contributed by atoms with E-state index in [1.807, 2.05) is 0 Å². The molecule has 2 rings (SSSR count). The van der Waals surface area contributed by atoms with Gasteiger partial charge in [0, 0.05) is 11.9 Å². The first-order valence-electron chi connectivity index (χ1n) is 5.50. The molecule has 0 radical (unpaired) electrons. The summed E-state index contributed by atoms with van der Waals surface area (Å²) in [6.45, 7) is 1.81. The quantitative estimate of drug-likeness (QED) is 0.583. The highest BCUT2D eigenvalue weighted by Gasteiger charge is 2.16. The summed E-state index contributed by atoms with van der Waals surface area (Å²) in [4.78, 5) is 7.76. The van der Waals surface area contributed by atoms with Crippen LogP contribution < -0.4 is 16.0 Å². The third-order valence-electron chi connectivity index (χ3n) is 2.43. The number of pyridine rings is 2. The number of rotatable bonds is 4. The Morgan fingerprint density at radius 2 is 2.00 bits per heavy atom. The number of nitrogens with one attached hydrogen (secondary N) is 2. The van der Waals surface area contributed by atoms with Crippen molar-refractivity contribution < 1.29 is 8.42 Å². The summed E-state index contributed by atoms with van der Waals surface area (Å²) in [5.41, 5.74) is 3.40. The van der Waals surface area contributed by atoms with Crippen LogP contribution in [0.2, 0.25) is 5.02 Å². The number of aromatic nitrogens is 2. The van der Waals surface area contributed by atoms with Crippen molar-refractivity contribution in [3.05, 3.63) is 41.3 Å². The SMILES string of the molecule is Cc1ccc(NS(=O)(=O)c2cnc(NN)c(Cl)c2)cn1. The van der Waals surface area contributed by atoms with Gasteiger partial charge in [-0.15, -0.1) is 0 Å². The van der Waals surface area contributed by atoms with E-state index in [1.54, 1.807) is 19.1 Å². The molecule has 2 aromatic rings. The lowest BCUT2D eigenvalue weighted by molar-refractivity contribution is 0.601. The van der Waals surface area contributed by atoms with E-state index in [0.717, 1.165) is 11.9 Å². The molecule has 0 aliphatic carbocycles. The number of hydrogen-bond donors (Lipinski definition) is 3. The molecule has 2 aromatic heterocycles. The van der Waals surface area contributed by atoms with Gasteiger partial charge >= 0.3 is 0 Å². The van der Waals surface area contributed by atoms with Crippen LogP contribution in [0.15, 0.2) is 35.5 Å². The van der Waals surface area contributed by atoms with Crippen molar-refractivity contribution in [1.82, 2.24) is 9.97 Å². The zero-order valence-electron chi connectivity index (χ0n) is 10.5. The van der Waals surface area contributed by atoms with Gasteiger partial charge in [-0.1, -0.05) is 11.6 Å². The van der Waals surface area contributed by atoms with Crippen molar-refractivity contribution in [3.8, 4) is 0 Å². The lowest BCUT2D eigenvalue weighted by Crippen LogP contribution is -2.15. The molecule has 4 N–H and O–H groups in total. The summed E-state index contributed by atoms with van der Waals surface area (Å²) in [6, 6.07) is 4.57. The van der Waals surface area contributed by atoms with E-state index < -0.39 is 10.0 Å². The Labute approximate surface area is 121 Å². The van der Waals surface area contributed by atoms with Crippen LogP contribution in [0.4, 0.5) is 11.5 Å². The van der Waals surface area contributed by atoms with Gasteiger partial charge in [0.1, 0.15) is 4.90 Å². The fourth-order valence-corrected chi connectivity index (χ4v) is 2.71. The summed E-state index contributed by atoms with van der Waals surface area (Å²) in [5, 5.41) is 0.109. The highest BCUT2D eigenvalue weighted by molar-refractivity contribution is 7.92. The van der Waals surface area contributed by atoms with Crippen LogP contribution in [0.3, 0.4) is 0 Å². The summed E-state index contributed by atoms with van der Waals surface area (Å²) < 4.78 is 26.7. The van der Waals surface area contributed by atoms with Crippen LogP contribution in [0.5, 0.6) is 0 Å². The van der Waals surface area contributed by atoms with Crippen LogP contribution in [0, 0.1) is 6.92 Å². The van der Waals surface area contributed by atoms with Crippen LogP contribution in [0.25, 0.3) is 0 Å². The Hall–Kier alpha value is -1.90. The Morgan fingerprint density at radius 3 is 2.55 bits per heavy atom. The first-order valence-corrected chi connectivity index (χ1v) is 7.36. The fourth-order valence-electron chi connectivity index (χ4n) is 1.42. The Kier molecular flexibility index (Phi) is 4.07. The van der Waals surface area contributed by atoms with E-state index in [4.69, 9.17) is 17.4 Å². The Morgan fingerprint density at radius 1 is 1.25 bits per heavy atom. The molecule has 0 atom stereocenters. The molecular formula is C11H12ClN5O2S. The number of halogens is 1.